The van der Waals surface area contributed by atoms with E-state index in [1.807, 2.05) is 91.0 Å². The zero-order chi connectivity index (χ0) is 79.1. The molecule has 8 heterocycles. The summed E-state index contributed by atoms with van der Waals surface area (Å²) in [5.74, 6) is -1.32. The molecule has 34 nitrogen and oxygen atoms in total. The smallest absolute Gasteiger partial charge is 0.217 e. The van der Waals surface area contributed by atoms with Gasteiger partial charge in [0.05, 0.1) is 77.8 Å². The second-order valence-electron chi connectivity index (χ2n) is 29.1. The highest BCUT2D eigenvalue weighted by atomic mass is 16.8. The summed E-state index contributed by atoms with van der Waals surface area (Å²) in [6.07, 6.45) is -43.1. The lowest BCUT2D eigenvalue weighted by Gasteiger charge is -2.50. The fraction of sp³-hybridized carbons (Fsp3) is 0.608. The molecule has 13 rings (SSSR count). The average Bonchev–Trinajstić information content (AvgIpc) is 1.75. The van der Waals surface area contributed by atoms with Crippen molar-refractivity contribution < 1.29 is 146 Å². The van der Waals surface area contributed by atoms with E-state index in [0.29, 0.717) is 42.5 Å². The van der Waals surface area contributed by atoms with Crippen LogP contribution < -0.4 is 5.32 Å². The van der Waals surface area contributed by atoms with Crippen molar-refractivity contribution in [1.82, 2.24) is 5.32 Å². The number of hydrogen-bond donors (Lipinski definition) is 12. The van der Waals surface area contributed by atoms with Crippen LogP contribution in [0.4, 0.5) is 0 Å². The summed E-state index contributed by atoms with van der Waals surface area (Å²) in [5.41, 5.74) is 12.4. The van der Waals surface area contributed by atoms with Gasteiger partial charge in [0, 0.05) is 36.5 Å². The Morgan fingerprint density at radius 1 is 0.496 bits per heavy atom. The number of carbonyl (C=O) groups excluding carboxylic acids is 1. The fourth-order valence-corrected chi connectivity index (χ4v) is 15.7. The van der Waals surface area contributed by atoms with Crippen LogP contribution in [0, 0.1) is 5.92 Å². The monoisotopic (exact) mass is 1590 g/mol. The Labute approximate surface area is 651 Å². The molecule has 0 aliphatic carbocycles. The van der Waals surface area contributed by atoms with Crippen LogP contribution >= 0.6 is 0 Å². The van der Waals surface area contributed by atoms with Gasteiger partial charge >= 0.3 is 0 Å². The lowest BCUT2D eigenvalue weighted by Crippen LogP contribution is -2.66. The third kappa shape index (κ3) is 20.5. The minimum absolute atomic E-state index is 0.00873. The Morgan fingerprint density at radius 2 is 1.01 bits per heavy atom. The molecule has 8 aliphatic heterocycles. The standard InChI is InChI=1S/C79H102N4O30/c1-42(88)82-56-62(106-75-59(93)57(91)63(107-75)49(89)33-84)48-32-51(46-26-14-5-15-27-46)97-40-54(48)104-74(56)102-52(35-86)65-58(92)60(94)76(109-65)112-69-66(98-37-43-20-8-2-9-21-43)53(36-87)103-79(72(69)100-39-45-24-12-4-13-25-45)111-68-61(95)77(108-64(68)50(90)34-85)113-70-67-55(41-101-73(110-67)47-28-16-6-17-29-47)105-78(96-31-19-7-18-30-81-83-80)71(70)99-38-44-22-10-3-11-23-44/h2-6,8-17,20-29,48-79,84-87,89-95H,7,18-19,30-41H2,1H3,(H,82,88)/t48?,49-,50-,51?,52-,53?,54?,55?,56?,57?,58?,59?,60?,61?,62?,63?,64?,65?,66?,67?,68?,69?,70?,71?,72?,73?,74?,75?,76?,77?,78?,79?/m1/s1. The Kier molecular flexibility index (Phi) is 30.5. The molecule has 34 heteroatoms. The summed E-state index contributed by atoms with van der Waals surface area (Å²) < 4.78 is 119. The first-order valence-electron chi connectivity index (χ1n) is 38.3. The van der Waals surface area contributed by atoms with Crippen molar-refractivity contribution in [3.63, 3.8) is 0 Å². The molecule has 8 aliphatic rings. The highest BCUT2D eigenvalue weighted by Crippen LogP contribution is 2.46. The van der Waals surface area contributed by atoms with Crippen LogP contribution in [-0.4, -0.2) is 293 Å². The zero-order valence-corrected chi connectivity index (χ0v) is 62.0. The molecule has 618 valence electrons. The van der Waals surface area contributed by atoms with Gasteiger partial charge < -0.3 is 147 Å². The van der Waals surface area contributed by atoms with Gasteiger partial charge in [0.15, 0.2) is 44.0 Å². The van der Waals surface area contributed by atoms with Crippen molar-refractivity contribution in [1.29, 1.82) is 0 Å². The third-order valence-electron chi connectivity index (χ3n) is 21.5. The second kappa shape index (κ2) is 40.7. The molecule has 113 heavy (non-hydrogen) atoms. The van der Waals surface area contributed by atoms with Crippen LogP contribution in [0.15, 0.2) is 157 Å². The summed E-state index contributed by atoms with van der Waals surface area (Å²) in [6, 6.07) is 44.1. The van der Waals surface area contributed by atoms with E-state index in [1.54, 1.807) is 60.7 Å². The third-order valence-corrected chi connectivity index (χ3v) is 21.5. The van der Waals surface area contributed by atoms with Crippen molar-refractivity contribution in [2.24, 2.45) is 11.0 Å². The Hall–Kier alpha value is -6.28. The van der Waals surface area contributed by atoms with Crippen LogP contribution in [0.5, 0.6) is 0 Å². The largest absolute Gasteiger partial charge is 0.394 e. The topological polar surface area (TPSA) is 467 Å². The van der Waals surface area contributed by atoms with Crippen molar-refractivity contribution in [3.05, 3.63) is 190 Å². The molecule has 1 amide bonds. The Morgan fingerprint density at radius 3 is 1.60 bits per heavy atom. The lowest BCUT2D eigenvalue weighted by molar-refractivity contribution is -0.384. The number of azide groups is 1. The molecule has 8 fully saturated rings. The van der Waals surface area contributed by atoms with E-state index in [1.165, 1.54) is 6.92 Å². The van der Waals surface area contributed by atoms with E-state index in [0.717, 1.165) is 11.1 Å². The maximum Gasteiger partial charge on any atom is 0.217 e. The number of fused-ring (bicyclic) bond motifs is 2. The van der Waals surface area contributed by atoms with Gasteiger partial charge in [0.1, 0.15) is 128 Å². The molecular formula is C79H102N4O30. The minimum atomic E-state index is -2.01. The number of aliphatic hydroxyl groups excluding tert-OH is 11. The predicted octanol–water partition coefficient (Wildman–Crippen LogP) is 1.41. The molecule has 32 atom stereocenters. The molecule has 5 aromatic rings. The van der Waals surface area contributed by atoms with Crippen molar-refractivity contribution in [2.75, 3.05) is 52.8 Å². The zero-order valence-electron chi connectivity index (χ0n) is 62.0. The summed E-state index contributed by atoms with van der Waals surface area (Å²) in [4.78, 5) is 16.3. The fourth-order valence-electron chi connectivity index (χ4n) is 15.7. The number of ether oxygens (including phenoxy) is 18. The van der Waals surface area contributed by atoms with E-state index in [2.05, 4.69) is 15.3 Å². The van der Waals surface area contributed by atoms with Gasteiger partial charge in [-0.15, -0.1) is 0 Å². The van der Waals surface area contributed by atoms with E-state index < -0.39 is 229 Å². The van der Waals surface area contributed by atoms with Crippen LogP contribution in [0.2, 0.25) is 0 Å². The van der Waals surface area contributed by atoms with Crippen LogP contribution in [0.3, 0.4) is 0 Å². The normalized spacial score (nSPS) is 37.2. The van der Waals surface area contributed by atoms with E-state index in [-0.39, 0.29) is 46.1 Å². The van der Waals surface area contributed by atoms with Crippen LogP contribution in [0.25, 0.3) is 10.4 Å². The van der Waals surface area contributed by atoms with E-state index >= 15 is 0 Å². The summed E-state index contributed by atoms with van der Waals surface area (Å²) >= 11 is 0. The molecule has 5 aromatic carbocycles. The van der Waals surface area contributed by atoms with Crippen molar-refractivity contribution >= 4 is 5.91 Å². The highest BCUT2D eigenvalue weighted by Gasteiger charge is 2.61. The number of nitrogens with one attached hydrogen (secondary N) is 1. The molecular weight excluding hydrogens is 1480 g/mol. The molecule has 0 spiro atoms. The lowest BCUT2D eigenvalue weighted by atomic mass is 9.80. The van der Waals surface area contributed by atoms with E-state index in [9.17, 15) is 61.0 Å². The van der Waals surface area contributed by atoms with Gasteiger partial charge in [0.25, 0.3) is 0 Å². The van der Waals surface area contributed by atoms with E-state index in [4.69, 9.17) is 90.8 Å². The van der Waals surface area contributed by atoms with Crippen LogP contribution in [-0.2, 0) is 110 Å². The summed E-state index contributed by atoms with van der Waals surface area (Å²) in [6.45, 7) is -2.35. The first-order valence-corrected chi connectivity index (χ1v) is 38.3. The predicted molar refractivity (Wildman–Crippen MR) is 386 cm³/mol. The first kappa shape index (κ1) is 84.6. The molecule has 12 N–H and O–H groups in total. The molecule has 0 aromatic heterocycles. The van der Waals surface area contributed by atoms with Crippen molar-refractivity contribution in [2.45, 2.75) is 243 Å². The van der Waals surface area contributed by atoms with Gasteiger partial charge in [-0.3, -0.25) is 4.79 Å². The van der Waals surface area contributed by atoms with Gasteiger partial charge in [-0.1, -0.05) is 163 Å². The number of carbonyl (C=O) groups is 1. The Balaban J connectivity index is 0.802. The van der Waals surface area contributed by atoms with Gasteiger partial charge in [0.2, 0.25) is 5.91 Å². The number of aliphatic hydroxyl groups is 11. The summed E-state index contributed by atoms with van der Waals surface area (Å²) in [7, 11) is 0. The van der Waals surface area contributed by atoms with Gasteiger partial charge in [-0.05, 0) is 47.0 Å². The number of rotatable bonds is 36. The van der Waals surface area contributed by atoms with Crippen molar-refractivity contribution in [3.8, 4) is 0 Å². The SMILES string of the molecule is CC(=O)NC1C(O[C@H](CO)C2OC(OC3C(OCc4ccccc4)C(CO)OC(OC4C(O)C(OC5C6OC(c7ccccc7)OCC6OC(OCCCCCN=[N+]=[N-])C5OCc5ccccc5)OC4[C@H](O)CO)C3OCc3ccccc3)C(O)C2O)OC2COC(c3ccccc3)CC2C1OC1OC([C@H](O)CO)C(O)C1O. The molecule has 0 saturated carbocycles. The van der Waals surface area contributed by atoms with Gasteiger partial charge in [-0.25, -0.2) is 0 Å². The second-order valence-corrected chi connectivity index (χ2v) is 29.1. The first-order chi connectivity index (χ1) is 55.0. The maximum atomic E-state index is 13.4. The van der Waals surface area contributed by atoms with Crippen LogP contribution in [0.1, 0.15) is 72.8 Å². The Bertz CT molecular complexity index is 3710. The molecule has 0 bridgehead atoms. The summed E-state index contributed by atoms with van der Waals surface area (Å²) in [5, 5.41) is 133. The van der Waals surface area contributed by atoms with Gasteiger partial charge in [-0.2, -0.15) is 0 Å². The number of unbranched alkanes of at least 4 members (excludes halogenated alkanes) is 2. The molecule has 8 saturated heterocycles. The maximum absolute atomic E-state index is 13.4. The highest BCUT2D eigenvalue weighted by molar-refractivity contribution is 5.73. The minimum Gasteiger partial charge on any atom is -0.394 e. The average molecular weight is 1590 g/mol. The number of amides is 1. The molecule has 29 unspecified atom stereocenters. The number of nitrogens with zero attached hydrogens (tertiary/aromatic N) is 3. The molecule has 0 radical (unpaired) electrons. The quantitative estimate of drug-likeness (QED) is 0.0117. The number of hydrogen-bond acceptors (Lipinski definition) is 31. The number of benzene rings is 5.